The highest BCUT2D eigenvalue weighted by atomic mass is 19.1. The van der Waals surface area contributed by atoms with Gasteiger partial charge >= 0.3 is 0 Å². The van der Waals surface area contributed by atoms with Crippen LogP contribution < -0.4 is 5.32 Å². The molecule has 0 spiro atoms. The van der Waals surface area contributed by atoms with Gasteiger partial charge in [0.25, 0.3) is 5.91 Å². The van der Waals surface area contributed by atoms with Crippen molar-refractivity contribution < 1.29 is 13.6 Å². The Labute approximate surface area is 120 Å². The quantitative estimate of drug-likeness (QED) is 0.941. The third-order valence-electron chi connectivity index (χ3n) is 3.06. The molecular weight excluding hydrogens is 274 g/mol. The third-order valence-corrected chi connectivity index (χ3v) is 3.06. The molecule has 2 rings (SSSR count). The van der Waals surface area contributed by atoms with E-state index in [1.165, 1.54) is 0 Å². The molecule has 0 bridgehead atoms. The fourth-order valence-corrected chi connectivity index (χ4v) is 1.88. The van der Waals surface area contributed by atoms with Gasteiger partial charge in [0.1, 0.15) is 11.6 Å². The maximum absolute atomic E-state index is 13.5. The molecule has 2 aromatic rings. The minimum Gasteiger partial charge on any atom is -0.345 e. The number of hydrogen-bond donors (Lipinski definition) is 1. The SMILES string of the molecule is CC(NC(=O)c1ccc(F)cc1F)c1ccc(C#N)cc1. The molecule has 1 amide bonds. The van der Waals surface area contributed by atoms with E-state index in [9.17, 15) is 13.6 Å². The molecule has 1 atom stereocenters. The summed E-state index contributed by atoms with van der Waals surface area (Å²) in [6, 6.07) is 11.1. The Morgan fingerprint density at radius 3 is 2.43 bits per heavy atom. The zero-order valence-corrected chi connectivity index (χ0v) is 11.2. The molecule has 3 nitrogen and oxygen atoms in total. The number of hydrogen-bond acceptors (Lipinski definition) is 2. The van der Waals surface area contributed by atoms with Crippen molar-refractivity contribution in [3.63, 3.8) is 0 Å². The Balaban J connectivity index is 2.13. The maximum atomic E-state index is 13.5. The van der Waals surface area contributed by atoms with Gasteiger partial charge < -0.3 is 5.32 Å². The average Bonchev–Trinajstić information content (AvgIpc) is 2.47. The van der Waals surface area contributed by atoms with Crippen molar-refractivity contribution in [3.8, 4) is 6.07 Å². The number of benzene rings is 2. The van der Waals surface area contributed by atoms with Gasteiger partial charge in [0.05, 0.1) is 23.2 Å². The normalized spacial score (nSPS) is 11.5. The second kappa shape index (κ2) is 6.14. The molecule has 0 aromatic heterocycles. The fraction of sp³-hybridized carbons (Fsp3) is 0.125. The number of carbonyl (C=O) groups excluding carboxylic acids is 1. The summed E-state index contributed by atoms with van der Waals surface area (Å²) >= 11 is 0. The zero-order valence-electron chi connectivity index (χ0n) is 11.2. The highest BCUT2D eigenvalue weighted by Gasteiger charge is 2.15. The van der Waals surface area contributed by atoms with Crippen LogP contribution in [0.15, 0.2) is 42.5 Å². The summed E-state index contributed by atoms with van der Waals surface area (Å²) in [5, 5.41) is 11.3. The van der Waals surface area contributed by atoms with E-state index in [1.54, 1.807) is 31.2 Å². The van der Waals surface area contributed by atoms with Crippen LogP contribution in [0.4, 0.5) is 8.78 Å². The molecule has 106 valence electrons. The van der Waals surface area contributed by atoms with Gasteiger partial charge in [-0.05, 0) is 36.8 Å². The number of nitrogens with one attached hydrogen (secondary N) is 1. The van der Waals surface area contributed by atoms with Gasteiger partial charge in [0, 0.05) is 6.07 Å². The molecule has 0 fully saturated rings. The number of halogens is 2. The molecule has 0 heterocycles. The predicted molar refractivity (Wildman–Crippen MR) is 73.4 cm³/mol. The Kier molecular flexibility index (Phi) is 4.29. The molecule has 0 radical (unpaired) electrons. The van der Waals surface area contributed by atoms with Gasteiger partial charge in [-0.15, -0.1) is 0 Å². The lowest BCUT2D eigenvalue weighted by Gasteiger charge is -2.14. The van der Waals surface area contributed by atoms with E-state index in [1.807, 2.05) is 6.07 Å². The van der Waals surface area contributed by atoms with Crippen LogP contribution in [0.5, 0.6) is 0 Å². The minimum atomic E-state index is -0.903. The summed E-state index contributed by atoms with van der Waals surface area (Å²) in [5.74, 6) is -2.26. The number of amides is 1. The van der Waals surface area contributed by atoms with E-state index in [0.717, 1.165) is 17.7 Å². The number of carbonyl (C=O) groups is 1. The first-order valence-electron chi connectivity index (χ1n) is 6.27. The second-order valence-electron chi connectivity index (χ2n) is 4.55. The molecule has 0 aliphatic carbocycles. The second-order valence-corrected chi connectivity index (χ2v) is 4.55. The van der Waals surface area contributed by atoms with Crippen molar-refractivity contribution in [3.05, 3.63) is 70.8 Å². The van der Waals surface area contributed by atoms with Crippen LogP contribution in [0.25, 0.3) is 0 Å². The van der Waals surface area contributed by atoms with E-state index >= 15 is 0 Å². The summed E-state index contributed by atoms with van der Waals surface area (Å²) in [7, 11) is 0. The number of nitriles is 1. The van der Waals surface area contributed by atoms with E-state index in [0.29, 0.717) is 11.6 Å². The largest absolute Gasteiger partial charge is 0.345 e. The molecule has 0 saturated carbocycles. The van der Waals surface area contributed by atoms with Gasteiger partial charge in [-0.25, -0.2) is 8.78 Å². The van der Waals surface area contributed by atoms with E-state index < -0.39 is 17.5 Å². The molecule has 0 aliphatic heterocycles. The Morgan fingerprint density at radius 2 is 1.86 bits per heavy atom. The standard InChI is InChI=1S/C16H12F2N2O/c1-10(12-4-2-11(9-19)3-5-12)20-16(21)14-7-6-13(17)8-15(14)18/h2-8,10H,1H3,(H,20,21). The van der Waals surface area contributed by atoms with Gasteiger partial charge in [0.2, 0.25) is 0 Å². The van der Waals surface area contributed by atoms with E-state index in [4.69, 9.17) is 5.26 Å². The van der Waals surface area contributed by atoms with Gasteiger partial charge in [-0.3, -0.25) is 4.79 Å². The highest BCUT2D eigenvalue weighted by Crippen LogP contribution is 2.15. The monoisotopic (exact) mass is 286 g/mol. The van der Waals surface area contributed by atoms with Crippen molar-refractivity contribution in [1.82, 2.24) is 5.32 Å². The van der Waals surface area contributed by atoms with Crippen LogP contribution in [0, 0.1) is 23.0 Å². The lowest BCUT2D eigenvalue weighted by molar-refractivity contribution is 0.0935. The third kappa shape index (κ3) is 3.42. The van der Waals surface area contributed by atoms with E-state index in [-0.39, 0.29) is 11.6 Å². The molecule has 0 saturated heterocycles. The van der Waals surface area contributed by atoms with Gasteiger partial charge in [0.15, 0.2) is 0 Å². The number of rotatable bonds is 3. The van der Waals surface area contributed by atoms with Crippen LogP contribution in [0.2, 0.25) is 0 Å². The van der Waals surface area contributed by atoms with Crippen molar-refractivity contribution >= 4 is 5.91 Å². The summed E-state index contributed by atoms with van der Waals surface area (Å²) in [6.07, 6.45) is 0. The maximum Gasteiger partial charge on any atom is 0.254 e. The summed E-state index contributed by atoms with van der Waals surface area (Å²) < 4.78 is 26.3. The summed E-state index contributed by atoms with van der Waals surface area (Å²) in [5.41, 5.74) is 1.09. The molecule has 1 N–H and O–H groups in total. The average molecular weight is 286 g/mol. The first-order valence-corrected chi connectivity index (χ1v) is 6.27. The van der Waals surface area contributed by atoms with Crippen LogP contribution in [0.3, 0.4) is 0 Å². The number of nitrogens with zero attached hydrogens (tertiary/aromatic N) is 1. The van der Waals surface area contributed by atoms with Crippen molar-refractivity contribution in [1.29, 1.82) is 5.26 Å². The molecular formula is C16H12F2N2O. The topological polar surface area (TPSA) is 52.9 Å². The Bertz CT molecular complexity index is 705. The van der Waals surface area contributed by atoms with Gasteiger partial charge in [-0.1, -0.05) is 12.1 Å². The molecule has 21 heavy (non-hydrogen) atoms. The summed E-state index contributed by atoms with van der Waals surface area (Å²) in [4.78, 5) is 12.0. The zero-order chi connectivity index (χ0) is 15.4. The summed E-state index contributed by atoms with van der Waals surface area (Å²) in [6.45, 7) is 1.74. The fourth-order valence-electron chi connectivity index (χ4n) is 1.88. The highest BCUT2D eigenvalue weighted by molar-refractivity contribution is 5.94. The smallest absolute Gasteiger partial charge is 0.254 e. The lowest BCUT2D eigenvalue weighted by Crippen LogP contribution is -2.27. The van der Waals surface area contributed by atoms with Crippen LogP contribution in [-0.4, -0.2) is 5.91 Å². The molecule has 1 unspecified atom stereocenters. The van der Waals surface area contributed by atoms with Crippen molar-refractivity contribution in [2.24, 2.45) is 0 Å². The molecule has 2 aromatic carbocycles. The molecule has 0 aliphatic rings. The van der Waals surface area contributed by atoms with Gasteiger partial charge in [-0.2, -0.15) is 5.26 Å². The lowest BCUT2D eigenvalue weighted by atomic mass is 10.1. The van der Waals surface area contributed by atoms with Crippen LogP contribution in [0.1, 0.15) is 34.5 Å². The Morgan fingerprint density at radius 1 is 1.19 bits per heavy atom. The predicted octanol–water partition coefficient (Wildman–Crippen LogP) is 3.33. The van der Waals surface area contributed by atoms with E-state index in [2.05, 4.69) is 5.32 Å². The molecule has 5 heteroatoms. The van der Waals surface area contributed by atoms with Crippen molar-refractivity contribution in [2.45, 2.75) is 13.0 Å². The minimum absolute atomic E-state index is 0.211. The Hall–Kier alpha value is -2.74. The van der Waals surface area contributed by atoms with Crippen molar-refractivity contribution in [2.75, 3.05) is 0 Å². The van der Waals surface area contributed by atoms with Crippen LogP contribution in [-0.2, 0) is 0 Å². The van der Waals surface area contributed by atoms with Crippen LogP contribution >= 0.6 is 0 Å². The first kappa shape index (κ1) is 14.7. The first-order chi connectivity index (χ1) is 10.0.